The molecular weight excluding hydrogens is 566 g/mol. The molecule has 1 N–H and O–H groups in total. The summed E-state index contributed by atoms with van der Waals surface area (Å²) < 4.78 is 28.0. The molecule has 3 heterocycles. The minimum atomic E-state index is -1.32. The Kier molecular flexibility index (Phi) is 8.13. The molecule has 1 aromatic heterocycles. The van der Waals surface area contributed by atoms with Crippen LogP contribution in [-0.4, -0.2) is 46.9 Å². The Bertz CT molecular complexity index is 1720. The lowest BCUT2D eigenvalue weighted by atomic mass is 9.82. The molecule has 5 nitrogen and oxygen atoms in total. The Hall–Kier alpha value is -4.46. The molecule has 4 aromatic carbocycles. The van der Waals surface area contributed by atoms with Crippen molar-refractivity contribution < 1.29 is 13.6 Å². The number of pyridine rings is 1. The summed E-state index contributed by atoms with van der Waals surface area (Å²) in [4.78, 5) is 23.5. The highest BCUT2D eigenvalue weighted by molar-refractivity contribution is 5.94. The maximum atomic E-state index is 14.6. The number of nitrogens with one attached hydrogen (secondary N) is 1. The lowest BCUT2D eigenvalue weighted by Crippen LogP contribution is -2.45. The standard InChI is InChI=1S/C38H36F2N4O/c39-31-16-12-29(13-17-31)38(30-14-18-32(40)19-15-30)37(45)44(36(42-38)35-11-3-4-22-41-35)24-6-23-43-25-20-28(21-26-43)34-10-5-8-27-7-1-2-9-33(27)34/h1-5,7-19,22,28,36,42H,6,20-21,23-26H2. The number of aromatic nitrogens is 1. The summed E-state index contributed by atoms with van der Waals surface area (Å²) in [7, 11) is 0. The Morgan fingerprint density at radius 1 is 0.756 bits per heavy atom. The zero-order valence-corrected chi connectivity index (χ0v) is 25.1. The first-order chi connectivity index (χ1) is 22.0. The number of amides is 1. The van der Waals surface area contributed by atoms with Gasteiger partial charge < -0.3 is 9.80 Å². The Labute approximate surface area is 262 Å². The van der Waals surface area contributed by atoms with Crippen LogP contribution in [0.15, 0.2) is 115 Å². The quantitative estimate of drug-likeness (QED) is 0.205. The molecule has 2 aliphatic rings. The number of piperidine rings is 1. The molecule has 5 aromatic rings. The molecule has 0 bridgehead atoms. The van der Waals surface area contributed by atoms with Gasteiger partial charge in [0.25, 0.3) is 5.91 Å². The molecule has 1 amide bonds. The van der Waals surface area contributed by atoms with Crippen molar-refractivity contribution in [1.29, 1.82) is 0 Å². The van der Waals surface area contributed by atoms with Gasteiger partial charge in [-0.25, -0.2) is 8.78 Å². The topological polar surface area (TPSA) is 48.5 Å². The van der Waals surface area contributed by atoms with Crippen molar-refractivity contribution >= 4 is 16.7 Å². The van der Waals surface area contributed by atoms with Crippen LogP contribution < -0.4 is 5.32 Å². The third kappa shape index (κ3) is 5.62. The van der Waals surface area contributed by atoms with Gasteiger partial charge in [-0.05, 0) is 109 Å². The SMILES string of the molecule is O=C1N(CCCN2CCC(c3cccc4ccccc34)CC2)C(c2ccccn2)NC1(c1ccc(F)cc1)c1ccc(F)cc1. The van der Waals surface area contributed by atoms with Crippen molar-refractivity contribution in [3.05, 3.63) is 149 Å². The molecule has 1 unspecified atom stereocenters. The summed E-state index contributed by atoms with van der Waals surface area (Å²) in [6.45, 7) is 3.42. The summed E-state index contributed by atoms with van der Waals surface area (Å²) in [5.41, 5.74) is 2.03. The van der Waals surface area contributed by atoms with Crippen LogP contribution in [0.3, 0.4) is 0 Å². The zero-order chi connectivity index (χ0) is 30.8. The van der Waals surface area contributed by atoms with Crippen LogP contribution in [0.2, 0.25) is 0 Å². The number of fused-ring (bicyclic) bond motifs is 1. The van der Waals surface area contributed by atoms with Crippen LogP contribution in [0.25, 0.3) is 10.8 Å². The average molecular weight is 603 g/mol. The first kappa shape index (κ1) is 29.3. The van der Waals surface area contributed by atoms with Gasteiger partial charge in [0.1, 0.15) is 17.8 Å². The van der Waals surface area contributed by atoms with Crippen LogP contribution >= 0.6 is 0 Å². The van der Waals surface area contributed by atoms with E-state index in [1.54, 1.807) is 30.5 Å². The van der Waals surface area contributed by atoms with E-state index in [0.29, 0.717) is 29.3 Å². The molecule has 45 heavy (non-hydrogen) atoms. The molecule has 0 aliphatic carbocycles. The number of benzene rings is 4. The fourth-order valence-electron chi connectivity index (χ4n) is 7.20. The normalized spacial score (nSPS) is 18.9. The number of likely N-dealkylation sites (tertiary alicyclic amines) is 1. The Morgan fingerprint density at radius 2 is 1.40 bits per heavy atom. The fourth-order valence-corrected chi connectivity index (χ4v) is 7.20. The second-order valence-corrected chi connectivity index (χ2v) is 12.1. The number of carbonyl (C=O) groups is 1. The zero-order valence-electron chi connectivity index (χ0n) is 25.1. The maximum Gasteiger partial charge on any atom is 0.253 e. The summed E-state index contributed by atoms with van der Waals surface area (Å²) in [6.07, 6.45) is 4.21. The second-order valence-electron chi connectivity index (χ2n) is 12.1. The van der Waals surface area contributed by atoms with Gasteiger partial charge in [0.15, 0.2) is 5.54 Å². The van der Waals surface area contributed by atoms with E-state index in [9.17, 15) is 13.6 Å². The molecule has 228 valence electrons. The second kappa shape index (κ2) is 12.5. The lowest BCUT2D eigenvalue weighted by molar-refractivity contribution is -0.132. The highest BCUT2D eigenvalue weighted by Crippen LogP contribution is 2.42. The Morgan fingerprint density at radius 3 is 2.07 bits per heavy atom. The van der Waals surface area contributed by atoms with Crippen LogP contribution in [0.5, 0.6) is 0 Å². The van der Waals surface area contributed by atoms with Crippen molar-refractivity contribution in [2.75, 3.05) is 26.2 Å². The van der Waals surface area contributed by atoms with Gasteiger partial charge in [0, 0.05) is 12.7 Å². The van der Waals surface area contributed by atoms with E-state index in [1.807, 2.05) is 23.1 Å². The minimum Gasteiger partial charge on any atom is -0.319 e. The molecule has 2 aliphatic heterocycles. The molecule has 7 heteroatoms. The van der Waals surface area contributed by atoms with Gasteiger partial charge in [-0.3, -0.25) is 15.1 Å². The first-order valence-electron chi connectivity index (χ1n) is 15.7. The molecule has 0 saturated carbocycles. The van der Waals surface area contributed by atoms with Crippen molar-refractivity contribution in [1.82, 2.24) is 20.1 Å². The smallest absolute Gasteiger partial charge is 0.253 e. The highest BCUT2D eigenvalue weighted by atomic mass is 19.1. The Balaban J connectivity index is 1.10. The predicted molar refractivity (Wildman–Crippen MR) is 172 cm³/mol. The number of hydrogen-bond acceptors (Lipinski definition) is 4. The van der Waals surface area contributed by atoms with Crippen LogP contribution in [-0.2, 0) is 10.3 Å². The molecular formula is C38H36F2N4O. The van der Waals surface area contributed by atoms with Crippen molar-refractivity contribution in [2.24, 2.45) is 0 Å². The lowest BCUT2D eigenvalue weighted by Gasteiger charge is -2.33. The largest absolute Gasteiger partial charge is 0.319 e. The summed E-state index contributed by atoms with van der Waals surface area (Å²) in [6, 6.07) is 32.8. The van der Waals surface area contributed by atoms with Gasteiger partial charge in [-0.2, -0.15) is 0 Å². The average Bonchev–Trinajstić information content (AvgIpc) is 3.38. The molecule has 1 atom stereocenters. The van der Waals surface area contributed by atoms with Gasteiger partial charge in [0.2, 0.25) is 0 Å². The van der Waals surface area contributed by atoms with Crippen molar-refractivity contribution in [3.63, 3.8) is 0 Å². The van der Waals surface area contributed by atoms with E-state index in [2.05, 4.69) is 57.7 Å². The summed E-state index contributed by atoms with van der Waals surface area (Å²) in [5.74, 6) is -0.398. The van der Waals surface area contributed by atoms with Gasteiger partial charge in [-0.15, -0.1) is 0 Å². The predicted octanol–water partition coefficient (Wildman–Crippen LogP) is 7.16. The summed E-state index contributed by atoms with van der Waals surface area (Å²) in [5, 5.41) is 6.22. The molecule has 0 radical (unpaired) electrons. The maximum absolute atomic E-state index is 14.6. The van der Waals surface area contributed by atoms with E-state index in [1.165, 1.54) is 40.6 Å². The number of hydrogen-bond donors (Lipinski definition) is 1. The number of carbonyl (C=O) groups excluding carboxylic acids is 1. The molecule has 7 rings (SSSR count). The van der Waals surface area contributed by atoms with Gasteiger partial charge in [0.05, 0.1) is 5.69 Å². The minimum absolute atomic E-state index is 0.161. The number of nitrogens with zero attached hydrogens (tertiary/aromatic N) is 3. The van der Waals surface area contributed by atoms with E-state index in [-0.39, 0.29) is 17.5 Å². The third-order valence-electron chi connectivity index (χ3n) is 9.49. The van der Waals surface area contributed by atoms with Gasteiger partial charge in [-0.1, -0.05) is 72.8 Å². The highest BCUT2D eigenvalue weighted by Gasteiger charge is 2.54. The molecule has 2 saturated heterocycles. The fraction of sp³-hybridized carbons (Fsp3) is 0.263. The van der Waals surface area contributed by atoms with Crippen LogP contribution in [0.4, 0.5) is 8.78 Å². The van der Waals surface area contributed by atoms with Crippen LogP contribution in [0, 0.1) is 11.6 Å². The van der Waals surface area contributed by atoms with Crippen molar-refractivity contribution in [3.8, 4) is 0 Å². The van der Waals surface area contributed by atoms with E-state index >= 15 is 0 Å². The van der Waals surface area contributed by atoms with Crippen molar-refractivity contribution in [2.45, 2.75) is 36.9 Å². The summed E-state index contributed by atoms with van der Waals surface area (Å²) >= 11 is 0. The number of halogens is 2. The monoisotopic (exact) mass is 602 g/mol. The van der Waals surface area contributed by atoms with E-state index in [0.717, 1.165) is 38.9 Å². The number of rotatable bonds is 8. The molecule has 0 spiro atoms. The van der Waals surface area contributed by atoms with Crippen LogP contribution in [0.1, 0.15) is 53.7 Å². The third-order valence-corrected chi connectivity index (χ3v) is 9.49. The van der Waals surface area contributed by atoms with E-state index in [4.69, 9.17) is 0 Å². The van der Waals surface area contributed by atoms with Gasteiger partial charge >= 0.3 is 0 Å². The van der Waals surface area contributed by atoms with E-state index < -0.39 is 11.7 Å². The first-order valence-corrected chi connectivity index (χ1v) is 15.7. The molecule has 2 fully saturated rings.